The quantitative estimate of drug-likeness (QED) is 0.771. The van der Waals surface area contributed by atoms with Crippen molar-refractivity contribution >= 4 is 21.8 Å². The number of urea groups is 1. The molecule has 0 radical (unpaired) electrons. The number of carboxylic acids is 1. The van der Waals surface area contributed by atoms with Crippen molar-refractivity contribution in [2.45, 2.75) is 25.3 Å². The third-order valence-electron chi connectivity index (χ3n) is 3.16. The molecular formula is C11H20N2O5S. The minimum Gasteiger partial charge on any atom is -0.481 e. The van der Waals surface area contributed by atoms with E-state index in [0.29, 0.717) is 13.0 Å². The topological polar surface area (TPSA) is 95.0 Å². The zero-order chi connectivity index (χ0) is 14.6. The Hall–Kier alpha value is -1.31. The molecule has 1 rings (SSSR count). The summed E-state index contributed by atoms with van der Waals surface area (Å²) in [5.41, 5.74) is 0. The minimum absolute atomic E-state index is 0.0638. The first kappa shape index (κ1) is 15.7. The molecule has 1 aliphatic heterocycles. The first-order valence-corrected chi connectivity index (χ1v) is 8.18. The van der Waals surface area contributed by atoms with Crippen LogP contribution in [0.15, 0.2) is 0 Å². The summed E-state index contributed by atoms with van der Waals surface area (Å²) in [5.74, 6) is -1.02. The molecule has 1 unspecified atom stereocenters. The van der Waals surface area contributed by atoms with Gasteiger partial charge in [0, 0.05) is 32.4 Å². The molecule has 2 amide bonds. The minimum atomic E-state index is -3.12. The molecule has 0 bridgehead atoms. The SMILES string of the molecule is CN(CCS(C)(=O)=O)C(=O)N1CCCC1CC(=O)O. The smallest absolute Gasteiger partial charge is 0.320 e. The van der Waals surface area contributed by atoms with Gasteiger partial charge in [-0.2, -0.15) is 0 Å². The van der Waals surface area contributed by atoms with E-state index in [9.17, 15) is 18.0 Å². The number of carbonyl (C=O) groups is 2. The van der Waals surface area contributed by atoms with Crippen LogP contribution in [0.4, 0.5) is 4.79 Å². The Morgan fingerprint density at radius 3 is 2.58 bits per heavy atom. The molecule has 19 heavy (non-hydrogen) atoms. The second-order valence-corrected chi connectivity index (χ2v) is 7.18. The summed E-state index contributed by atoms with van der Waals surface area (Å²) in [6.45, 7) is 0.647. The molecule has 0 aromatic rings. The van der Waals surface area contributed by atoms with Crippen molar-refractivity contribution in [3.05, 3.63) is 0 Å². The molecule has 0 aliphatic carbocycles. The Bertz CT molecular complexity index is 448. The van der Waals surface area contributed by atoms with Gasteiger partial charge >= 0.3 is 12.0 Å². The van der Waals surface area contributed by atoms with E-state index in [1.54, 1.807) is 0 Å². The van der Waals surface area contributed by atoms with Crippen LogP contribution < -0.4 is 0 Å². The van der Waals surface area contributed by atoms with Crippen molar-refractivity contribution in [1.82, 2.24) is 9.80 Å². The van der Waals surface area contributed by atoms with Gasteiger partial charge in [-0.25, -0.2) is 13.2 Å². The highest BCUT2D eigenvalue weighted by Crippen LogP contribution is 2.21. The molecule has 0 aromatic heterocycles. The second kappa shape index (κ2) is 6.23. The van der Waals surface area contributed by atoms with Crippen molar-refractivity contribution < 1.29 is 23.1 Å². The van der Waals surface area contributed by atoms with Crippen LogP contribution in [0.3, 0.4) is 0 Å². The molecule has 1 aliphatic rings. The Morgan fingerprint density at radius 1 is 1.42 bits per heavy atom. The van der Waals surface area contributed by atoms with Gasteiger partial charge in [-0.15, -0.1) is 0 Å². The Morgan fingerprint density at radius 2 is 2.05 bits per heavy atom. The normalized spacial score (nSPS) is 19.5. The lowest BCUT2D eigenvalue weighted by atomic mass is 10.1. The van der Waals surface area contributed by atoms with Crippen LogP contribution in [0.1, 0.15) is 19.3 Å². The van der Waals surface area contributed by atoms with E-state index in [0.717, 1.165) is 12.7 Å². The summed E-state index contributed by atoms with van der Waals surface area (Å²) in [6, 6.07) is -0.585. The third-order valence-corrected chi connectivity index (χ3v) is 4.08. The van der Waals surface area contributed by atoms with E-state index >= 15 is 0 Å². The van der Waals surface area contributed by atoms with Crippen LogP contribution in [-0.4, -0.2) is 73.5 Å². The van der Waals surface area contributed by atoms with Crippen molar-refractivity contribution in [2.24, 2.45) is 0 Å². The maximum atomic E-state index is 12.1. The van der Waals surface area contributed by atoms with Crippen LogP contribution in [-0.2, 0) is 14.6 Å². The zero-order valence-electron chi connectivity index (χ0n) is 11.2. The number of amides is 2. The largest absolute Gasteiger partial charge is 0.481 e. The number of sulfone groups is 1. The second-order valence-electron chi connectivity index (χ2n) is 4.92. The third kappa shape index (κ3) is 5.06. The molecule has 7 nitrogen and oxygen atoms in total. The number of nitrogens with zero attached hydrogens (tertiary/aromatic N) is 2. The highest BCUT2D eigenvalue weighted by atomic mass is 32.2. The molecular weight excluding hydrogens is 272 g/mol. The maximum Gasteiger partial charge on any atom is 0.320 e. The monoisotopic (exact) mass is 292 g/mol. The molecule has 0 saturated carbocycles. The predicted molar refractivity (Wildman–Crippen MR) is 69.7 cm³/mol. The molecule has 1 heterocycles. The number of carbonyl (C=O) groups excluding carboxylic acids is 1. The van der Waals surface area contributed by atoms with Gasteiger partial charge in [0.15, 0.2) is 0 Å². The maximum absolute atomic E-state index is 12.1. The summed E-state index contributed by atoms with van der Waals surface area (Å²) in [7, 11) is -1.58. The molecule has 8 heteroatoms. The van der Waals surface area contributed by atoms with Crippen molar-refractivity contribution in [1.29, 1.82) is 0 Å². The van der Waals surface area contributed by atoms with Gasteiger partial charge in [0.25, 0.3) is 0 Å². The van der Waals surface area contributed by atoms with E-state index < -0.39 is 15.8 Å². The van der Waals surface area contributed by atoms with Crippen molar-refractivity contribution in [3.8, 4) is 0 Å². The lowest BCUT2D eigenvalue weighted by Gasteiger charge is -2.28. The number of hydrogen-bond donors (Lipinski definition) is 1. The number of likely N-dealkylation sites (tertiary alicyclic amines) is 1. The fourth-order valence-corrected chi connectivity index (χ4v) is 2.72. The molecule has 1 saturated heterocycles. The first-order chi connectivity index (χ1) is 8.70. The average Bonchev–Trinajstić information content (AvgIpc) is 2.71. The lowest BCUT2D eigenvalue weighted by Crippen LogP contribution is -2.45. The van der Waals surface area contributed by atoms with E-state index in [1.165, 1.54) is 16.8 Å². The Balaban J connectivity index is 2.58. The fraction of sp³-hybridized carbons (Fsp3) is 0.818. The number of aliphatic carboxylic acids is 1. The van der Waals surface area contributed by atoms with E-state index in [-0.39, 0.29) is 30.8 Å². The lowest BCUT2D eigenvalue weighted by molar-refractivity contribution is -0.138. The van der Waals surface area contributed by atoms with Gasteiger partial charge in [-0.1, -0.05) is 0 Å². The van der Waals surface area contributed by atoms with Crippen molar-refractivity contribution in [3.63, 3.8) is 0 Å². The number of rotatable bonds is 5. The first-order valence-electron chi connectivity index (χ1n) is 6.12. The predicted octanol–water partition coefficient (Wildman–Crippen LogP) is 0.0219. The summed E-state index contributed by atoms with van der Waals surface area (Å²) in [6.07, 6.45) is 2.52. The fourth-order valence-electron chi connectivity index (χ4n) is 2.12. The summed E-state index contributed by atoms with van der Waals surface area (Å²) in [5, 5.41) is 8.79. The van der Waals surface area contributed by atoms with Gasteiger partial charge in [0.05, 0.1) is 12.2 Å². The summed E-state index contributed by atoms with van der Waals surface area (Å²) >= 11 is 0. The van der Waals surface area contributed by atoms with Crippen LogP contribution >= 0.6 is 0 Å². The van der Waals surface area contributed by atoms with Crippen LogP contribution in [0.5, 0.6) is 0 Å². The average molecular weight is 292 g/mol. The van der Waals surface area contributed by atoms with E-state index in [2.05, 4.69) is 0 Å². The highest BCUT2D eigenvalue weighted by molar-refractivity contribution is 7.90. The number of hydrogen-bond acceptors (Lipinski definition) is 4. The van der Waals surface area contributed by atoms with Gasteiger partial charge in [-0.3, -0.25) is 4.79 Å². The van der Waals surface area contributed by atoms with Gasteiger partial charge in [-0.05, 0) is 12.8 Å². The van der Waals surface area contributed by atoms with Crippen LogP contribution in [0.25, 0.3) is 0 Å². The Kier molecular flexibility index (Phi) is 5.16. The molecule has 1 N–H and O–H groups in total. The summed E-state index contributed by atoms with van der Waals surface area (Å²) in [4.78, 5) is 25.7. The molecule has 0 spiro atoms. The molecule has 0 aromatic carbocycles. The van der Waals surface area contributed by atoms with Gasteiger partial charge in [0.2, 0.25) is 0 Å². The van der Waals surface area contributed by atoms with E-state index in [4.69, 9.17) is 5.11 Å². The van der Waals surface area contributed by atoms with Crippen molar-refractivity contribution in [2.75, 3.05) is 32.1 Å². The van der Waals surface area contributed by atoms with Gasteiger partial charge < -0.3 is 14.9 Å². The highest BCUT2D eigenvalue weighted by Gasteiger charge is 2.32. The molecule has 110 valence electrons. The van der Waals surface area contributed by atoms with Crippen LogP contribution in [0.2, 0.25) is 0 Å². The standard InChI is InChI=1S/C11H20N2O5S/c1-12(6-7-19(2,17)18)11(16)13-5-3-4-9(13)8-10(14)15/h9H,3-8H2,1-2H3,(H,14,15). The van der Waals surface area contributed by atoms with Gasteiger partial charge in [0.1, 0.15) is 9.84 Å². The molecule has 1 fully saturated rings. The number of carboxylic acid groups (broad SMARTS) is 1. The Labute approximate surface area is 113 Å². The molecule has 1 atom stereocenters. The van der Waals surface area contributed by atoms with E-state index in [1.807, 2.05) is 0 Å². The zero-order valence-corrected chi connectivity index (χ0v) is 12.0. The van der Waals surface area contributed by atoms with Crippen LogP contribution in [0, 0.1) is 0 Å². The summed E-state index contributed by atoms with van der Waals surface area (Å²) < 4.78 is 22.1.